The average molecular weight is 342 g/mol. The quantitative estimate of drug-likeness (QED) is 0.884. The van der Waals surface area contributed by atoms with Gasteiger partial charge in [-0.3, -0.25) is 14.6 Å². The molecule has 3 heterocycles. The molecule has 2 aromatic rings. The van der Waals surface area contributed by atoms with Gasteiger partial charge in [0, 0.05) is 24.5 Å². The van der Waals surface area contributed by atoms with Crippen LogP contribution in [0, 0.1) is 6.92 Å². The first-order valence-corrected chi connectivity index (χ1v) is 8.33. The van der Waals surface area contributed by atoms with Crippen molar-refractivity contribution in [1.29, 1.82) is 0 Å². The van der Waals surface area contributed by atoms with Crippen LogP contribution in [0.2, 0.25) is 0 Å². The number of anilines is 1. The van der Waals surface area contributed by atoms with Gasteiger partial charge in [-0.2, -0.15) is 0 Å². The Morgan fingerprint density at radius 1 is 1.36 bits per heavy atom. The number of carbonyl (C=O) groups excluding carboxylic acids is 1. The number of ether oxygens (including phenoxy) is 1. The lowest BCUT2D eigenvalue weighted by Gasteiger charge is -2.25. The number of nitrogens with zero attached hydrogens (tertiary/aromatic N) is 2. The molecule has 1 aliphatic heterocycles. The molecule has 132 valence electrons. The Balaban J connectivity index is 1.93. The van der Waals surface area contributed by atoms with Gasteiger partial charge < -0.3 is 19.9 Å². The van der Waals surface area contributed by atoms with E-state index in [-0.39, 0.29) is 17.2 Å². The predicted octanol–water partition coefficient (Wildman–Crippen LogP) is 1.74. The van der Waals surface area contributed by atoms with Crippen molar-refractivity contribution in [2.24, 2.45) is 0 Å². The molecule has 0 radical (unpaired) electrons. The third-order valence-corrected chi connectivity index (χ3v) is 4.51. The van der Waals surface area contributed by atoms with Crippen LogP contribution in [0.5, 0.6) is 5.75 Å². The fourth-order valence-electron chi connectivity index (χ4n) is 3.13. The summed E-state index contributed by atoms with van der Waals surface area (Å²) in [5, 5.41) is 6.02. The molecule has 0 aliphatic carbocycles. The third-order valence-electron chi connectivity index (χ3n) is 4.51. The maximum Gasteiger partial charge on any atom is 0.263 e. The zero-order chi connectivity index (χ0) is 17.8. The molecular weight excluding hydrogens is 320 g/mol. The van der Waals surface area contributed by atoms with Crippen LogP contribution < -0.4 is 20.9 Å². The van der Waals surface area contributed by atoms with Crippen molar-refractivity contribution >= 4 is 11.6 Å². The molecule has 0 unspecified atom stereocenters. The first kappa shape index (κ1) is 17.2. The van der Waals surface area contributed by atoms with Crippen molar-refractivity contribution in [2.45, 2.75) is 25.8 Å². The van der Waals surface area contributed by atoms with E-state index in [0.717, 1.165) is 25.9 Å². The Morgan fingerprint density at radius 3 is 2.84 bits per heavy atom. The first-order chi connectivity index (χ1) is 12.1. The van der Waals surface area contributed by atoms with Gasteiger partial charge in [-0.25, -0.2) is 0 Å². The number of piperidine rings is 1. The highest BCUT2D eigenvalue weighted by molar-refractivity contribution is 6.05. The summed E-state index contributed by atoms with van der Waals surface area (Å²) in [6.45, 7) is 3.52. The average Bonchev–Trinajstić information content (AvgIpc) is 2.63. The molecule has 1 amide bonds. The van der Waals surface area contributed by atoms with Crippen molar-refractivity contribution < 1.29 is 9.53 Å². The number of hydrogen-bond acceptors (Lipinski definition) is 5. The lowest BCUT2D eigenvalue weighted by Crippen LogP contribution is -2.37. The van der Waals surface area contributed by atoms with E-state index in [9.17, 15) is 9.59 Å². The summed E-state index contributed by atoms with van der Waals surface area (Å²) in [5.74, 6) is 0.0488. The summed E-state index contributed by atoms with van der Waals surface area (Å²) in [5.41, 5.74) is 0.987. The minimum absolute atomic E-state index is 0.119. The molecule has 0 aromatic carbocycles. The Hall–Kier alpha value is -2.67. The molecule has 2 aromatic heterocycles. The monoisotopic (exact) mass is 342 g/mol. The number of hydrogen-bond donors (Lipinski definition) is 2. The van der Waals surface area contributed by atoms with E-state index in [1.807, 2.05) is 6.07 Å². The van der Waals surface area contributed by atoms with Crippen molar-refractivity contribution in [3.8, 4) is 5.75 Å². The van der Waals surface area contributed by atoms with Crippen LogP contribution in [0.1, 0.15) is 34.8 Å². The molecule has 1 saturated heterocycles. The van der Waals surface area contributed by atoms with Crippen LogP contribution in [-0.4, -0.2) is 35.7 Å². The van der Waals surface area contributed by atoms with Crippen LogP contribution in [-0.2, 0) is 0 Å². The van der Waals surface area contributed by atoms with Gasteiger partial charge in [0.25, 0.3) is 11.5 Å². The molecule has 0 atom stereocenters. The number of amides is 1. The third kappa shape index (κ3) is 3.56. The maximum absolute atomic E-state index is 12.9. The van der Waals surface area contributed by atoms with Crippen LogP contribution in [0.25, 0.3) is 0 Å². The second-order valence-corrected chi connectivity index (χ2v) is 6.10. The highest BCUT2D eigenvalue weighted by Crippen LogP contribution is 2.23. The lowest BCUT2D eigenvalue weighted by atomic mass is 10.0. The van der Waals surface area contributed by atoms with Gasteiger partial charge in [0.2, 0.25) is 0 Å². The number of carbonyl (C=O) groups is 1. The predicted molar refractivity (Wildman–Crippen MR) is 95.3 cm³/mol. The van der Waals surface area contributed by atoms with Gasteiger partial charge in [-0.1, -0.05) is 0 Å². The number of methoxy groups -OCH3 is 1. The van der Waals surface area contributed by atoms with Gasteiger partial charge in [0.1, 0.15) is 17.0 Å². The molecule has 25 heavy (non-hydrogen) atoms. The standard InChI is InChI=1S/C18H22N4O3/c1-12-6-10-22(13-3-7-19-8-4-13)18(24)16(12)17(23)21-14-11-20-9-5-15(14)25-2/h5-6,9-11,13,19H,3-4,7-8H2,1-2H3,(H,21,23). The smallest absolute Gasteiger partial charge is 0.263 e. The molecule has 2 N–H and O–H groups in total. The lowest BCUT2D eigenvalue weighted by molar-refractivity contribution is 0.102. The fourth-order valence-corrected chi connectivity index (χ4v) is 3.13. The van der Waals surface area contributed by atoms with E-state index in [1.54, 1.807) is 30.0 Å². The molecule has 1 fully saturated rings. The van der Waals surface area contributed by atoms with Gasteiger partial charge in [-0.15, -0.1) is 0 Å². The minimum Gasteiger partial charge on any atom is -0.494 e. The van der Waals surface area contributed by atoms with Crippen molar-refractivity contribution in [1.82, 2.24) is 14.9 Å². The van der Waals surface area contributed by atoms with Gasteiger partial charge in [0.15, 0.2) is 0 Å². The van der Waals surface area contributed by atoms with Gasteiger partial charge >= 0.3 is 0 Å². The maximum atomic E-state index is 12.9. The SMILES string of the molecule is COc1ccncc1NC(=O)c1c(C)ccn(C2CCNCC2)c1=O. The summed E-state index contributed by atoms with van der Waals surface area (Å²) in [6, 6.07) is 3.59. The number of nitrogens with one attached hydrogen (secondary N) is 2. The van der Waals surface area contributed by atoms with E-state index in [2.05, 4.69) is 15.6 Å². The topological polar surface area (TPSA) is 85.2 Å². The highest BCUT2D eigenvalue weighted by atomic mass is 16.5. The van der Waals surface area contributed by atoms with Gasteiger partial charge in [0.05, 0.1) is 13.3 Å². The minimum atomic E-state index is -0.447. The van der Waals surface area contributed by atoms with Crippen LogP contribution >= 0.6 is 0 Å². The largest absolute Gasteiger partial charge is 0.494 e. The molecule has 7 nitrogen and oxygen atoms in total. The second-order valence-electron chi connectivity index (χ2n) is 6.10. The summed E-state index contributed by atoms with van der Waals surface area (Å²) < 4.78 is 6.90. The van der Waals surface area contributed by atoms with E-state index >= 15 is 0 Å². The molecule has 0 bridgehead atoms. The summed E-state index contributed by atoms with van der Waals surface area (Å²) >= 11 is 0. The Kier molecular flexibility index (Phi) is 5.14. The molecule has 0 saturated carbocycles. The molecule has 7 heteroatoms. The number of pyridine rings is 2. The van der Waals surface area contributed by atoms with Crippen LogP contribution in [0.15, 0.2) is 35.5 Å². The van der Waals surface area contributed by atoms with Crippen LogP contribution in [0.3, 0.4) is 0 Å². The molecule has 0 spiro atoms. The fraction of sp³-hybridized carbons (Fsp3) is 0.389. The molecule has 1 aliphatic rings. The summed E-state index contributed by atoms with van der Waals surface area (Å²) in [6.07, 6.45) is 6.61. The van der Waals surface area contributed by atoms with Crippen LogP contribution in [0.4, 0.5) is 5.69 Å². The van der Waals surface area contributed by atoms with Crippen molar-refractivity contribution in [3.63, 3.8) is 0 Å². The van der Waals surface area contributed by atoms with E-state index in [1.165, 1.54) is 13.3 Å². The highest BCUT2D eigenvalue weighted by Gasteiger charge is 2.22. The molecule has 3 rings (SSSR count). The summed E-state index contributed by atoms with van der Waals surface area (Å²) in [7, 11) is 1.52. The number of rotatable bonds is 4. The number of aromatic nitrogens is 2. The van der Waals surface area contributed by atoms with E-state index < -0.39 is 5.91 Å². The van der Waals surface area contributed by atoms with Gasteiger partial charge in [-0.05, 0) is 44.5 Å². The first-order valence-electron chi connectivity index (χ1n) is 8.33. The van der Waals surface area contributed by atoms with E-state index in [0.29, 0.717) is 17.0 Å². The zero-order valence-electron chi connectivity index (χ0n) is 14.4. The molecular formula is C18H22N4O3. The number of aryl methyl sites for hydroxylation is 1. The Morgan fingerprint density at radius 2 is 2.12 bits per heavy atom. The van der Waals surface area contributed by atoms with E-state index in [4.69, 9.17) is 4.74 Å². The Labute approximate surface area is 146 Å². The zero-order valence-corrected chi connectivity index (χ0v) is 14.4. The Bertz CT molecular complexity index is 825. The second kappa shape index (κ2) is 7.48. The normalized spacial score (nSPS) is 15.0. The summed E-state index contributed by atoms with van der Waals surface area (Å²) in [4.78, 5) is 29.6. The van der Waals surface area contributed by atoms with Crippen molar-refractivity contribution in [2.75, 3.05) is 25.5 Å². The van der Waals surface area contributed by atoms with Crippen molar-refractivity contribution in [3.05, 3.63) is 52.2 Å².